The quantitative estimate of drug-likeness (QED) is 0.313. The van der Waals surface area contributed by atoms with Crippen molar-refractivity contribution in [2.24, 2.45) is 5.92 Å². The summed E-state index contributed by atoms with van der Waals surface area (Å²) >= 11 is 0. The maximum Gasteiger partial charge on any atom is 0.479 e. The molecule has 3 rings (SSSR count). The number of nitrogens with one attached hydrogen (secondary N) is 1. The topological polar surface area (TPSA) is 149 Å². The first-order valence-corrected chi connectivity index (χ1v) is 8.80. The minimum atomic E-state index is -3.15. The Morgan fingerprint density at radius 1 is 1.54 bits per heavy atom. The minimum Gasteiger partial charge on any atom is -0.674 e. The summed E-state index contributed by atoms with van der Waals surface area (Å²) in [5.41, 5.74) is 9.20. The maximum absolute atomic E-state index is 9.99. The molecule has 10 heteroatoms. The molecule has 4 atom stereocenters. The normalized spacial score (nSPS) is 25.6. The van der Waals surface area contributed by atoms with Crippen molar-refractivity contribution in [1.29, 1.82) is 0 Å². The second kappa shape index (κ2) is 8.57. The summed E-state index contributed by atoms with van der Waals surface area (Å²) < 4.78 is 11.3. The van der Waals surface area contributed by atoms with Crippen molar-refractivity contribution in [1.82, 2.24) is 9.97 Å². The van der Waals surface area contributed by atoms with Crippen molar-refractivity contribution in [3.8, 4) is 0 Å². The summed E-state index contributed by atoms with van der Waals surface area (Å²) in [4.78, 5) is 18.7. The van der Waals surface area contributed by atoms with Crippen LogP contribution in [-0.4, -0.2) is 40.8 Å². The van der Waals surface area contributed by atoms with Gasteiger partial charge in [0.15, 0.2) is 0 Å². The second-order valence-electron chi connectivity index (χ2n) is 5.89. The van der Waals surface area contributed by atoms with Crippen LogP contribution >= 0.6 is 8.25 Å². The van der Waals surface area contributed by atoms with Gasteiger partial charge in [-0.25, -0.2) is 14.6 Å². The number of aliphatic hydroxyl groups is 1. The van der Waals surface area contributed by atoms with Crippen molar-refractivity contribution in [2.75, 3.05) is 25.4 Å². The van der Waals surface area contributed by atoms with Crippen LogP contribution in [0.25, 0.3) is 5.57 Å². The van der Waals surface area contributed by atoms with Gasteiger partial charge in [0, 0.05) is 18.5 Å². The highest BCUT2D eigenvalue weighted by Crippen LogP contribution is 2.27. The number of fused-ring (bicyclic) bond motifs is 1. The molecule has 2 unspecified atom stereocenters. The van der Waals surface area contributed by atoms with E-state index in [0.717, 1.165) is 43.7 Å². The fraction of sp³-hybridized carbons (Fsp3) is 0.571. The molecule has 1 aromatic heterocycles. The first-order chi connectivity index (χ1) is 11.5. The molecule has 1 saturated heterocycles. The molecule has 1 aliphatic heterocycles. The van der Waals surface area contributed by atoms with Gasteiger partial charge in [0.05, 0.1) is 12.2 Å². The number of aliphatic hydroxyl groups excluding tert-OH is 1. The monoisotopic (exact) mass is 358 g/mol. The summed E-state index contributed by atoms with van der Waals surface area (Å²) in [7, 11) is -3.15. The van der Waals surface area contributed by atoms with E-state index in [4.69, 9.17) is 20.4 Å². The van der Waals surface area contributed by atoms with Gasteiger partial charge >= 0.3 is 8.25 Å². The Morgan fingerprint density at radius 2 is 2.25 bits per heavy atom. The number of likely N-dealkylation sites (tertiary alicyclic amines) is 1. The van der Waals surface area contributed by atoms with E-state index in [0.29, 0.717) is 11.7 Å². The summed E-state index contributed by atoms with van der Waals surface area (Å²) in [5, 5.41) is 18.5. The maximum atomic E-state index is 9.99. The predicted molar refractivity (Wildman–Crippen MR) is 84.3 cm³/mol. The lowest BCUT2D eigenvalue weighted by atomic mass is 10.0. The molecule has 0 spiro atoms. The van der Waals surface area contributed by atoms with Gasteiger partial charge in [-0.05, 0) is 17.4 Å². The number of anilines is 1. The molecular weight excluding hydrogens is 335 g/mol. The fourth-order valence-electron chi connectivity index (χ4n) is 3.26. The van der Waals surface area contributed by atoms with Crippen LogP contribution in [0.5, 0.6) is 0 Å². The Labute approximate surface area is 142 Å². The smallest absolute Gasteiger partial charge is 0.479 e. The lowest BCUT2D eigenvalue weighted by Crippen LogP contribution is -3.10. The molecule has 1 aliphatic carbocycles. The molecule has 4 N–H and O–H groups in total. The average Bonchev–Trinajstić information content (AvgIpc) is 3.13. The molecule has 24 heavy (non-hydrogen) atoms. The number of rotatable bonds is 4. The van der Waals surface area contributed by atoms with Gasteiger partial charge in [-0.3, -0.25) is 0 Å². The molecule has 0 bridgehead atoms. The van der Waals surface area contributed by atoms with E-state index in [2.05, 4.69) is 27.6 Å². The number of nitrogen functional groups attached to an aromatic ring is 1. The van der Waals surface area contributed by atoms with Gasteiger partial charge in [0.1, 0.15) is 31.3 Å². The van der Waals surface area contributed by atoms with Crippen LogP contribution in [0.2, 0.25) is 0 Å². The average molecular weight is 358 g/mol. The molecule has 0 amide bonds. The number of quaternary nitrogens is 1. The zero-order chi connectivity index (χ0) is 17.7. The minimum absolute atomic E-state index is 0. The summed E-state index contributed by atoms with van der Waals surface area (Å²) in [6, 6.07) is 0. The van der Waals surface area contributed by atoms with E-state index in [9.17, 15) is 5.11 Å². The fourth-order valence-corrected chi connectivity index (χ4v) is 3.26. The standard InChI is InChI=1S/C14H20N4O.HO4P.H2/c1-2-9-5-18(7-12(9)19)6-10-3-4-11-13(10)16-8-17-14(11)15;1-4-5(2)3;/h3,8-9,12,19H,2,4-7H2,1H3,(H2,15,16,17);1H;1H/t9-,12-;;/m0../s1. The number of hydrogen-bond acceptors (Lipinski definition) is 8. The Morgan fingerprint density at radius 3 is 2.83 bits per heavy atom. The van der Waals surface area contributed by atoms with E-state index in [1.165, 1.54) is 16.8 Å². The van der Waals surface area contributed by atoms with E-state index < -0.39 is 8.25 Å². The van der Waals surface area contributed by atoms with Crippen LogP contribution in [0.4, 0.5) is 5.82 Å². The third kappa shape index (κ3) is 4.54. The molecule has 0 aromatic carbocycles. The van der Waals surface area contributed by atoms with Crippen LogP contribution in [0.1, 0.15) is 26.0 Å². The van der Waals surface area contributed by atoms with E-state index in [1.54, 1.807) is 0 Å². The highest BCUT2D eigenvalue weighted by molar-refractivity contribution is 7.30. The van der Waals surface area contributed by atoms with Gasteiger partial charge in [-0.1, -0.05) is 13.0 Å². The van der Waals surface area contributed by atoms with Gasteiger partial charge in [-0.2, -0.15) is 0 Å². The Hall–Kier alpha value is -1.48. The molecule has 2 aliphatic rings. The highest BCUT2D eigenvalue weighted by atomic mass is 31.1. The van der Waals surface area contributed by atoms with Gasteiger partial charge in [0.2, 0.25) is 0 Å². The molecule has 0 saturated carbocycles. The third-order valence-corrected chi connectivity index (χ3v) is 4.58. The van der Waals surface area contributed by atoms with E-state index in [1.807, 2.05) is 0 Å². The van der Waals surface area contributed by atoms with Crippen LogP contribution in [0.15, 0.2) is 12.4 Å². The van der Waals surface area contributed by atoms with Crippen molar-refractivity contribution in [2.45, 2.75) is 25.9 Å². The lowest BCUT2D eigenvalue weighted by molar-refractivity contribution is -0.882. The van der Waals surface area contributed by atoms with E-state index >= 15 is 0 Å². The van der Waals surface area contributed by atoms with Gasteiger partial charge in [0.25, 0.3) is 0 Å². The molecule has 9 nitrogen and oxygen atoms in total. The highest BCUT2D eigenvalue weighted by Gasteiger charge is 2.35. The number of aromatic nitrogens is 2. The van der Waals surface area contributed by atoms with Crippen LogP contribution in [-0.2, 0) is 15.7 Å². The third-order valence-electron chi connectivity index (χ3n) is 4.45. The zero-order valence-electron chi connectivity index (χ0n) is 13.3. The first kappa shape index (κ1) is 18.9. The second-order valence-corrected chi connectivity index (χ2v) is 6.48. The number of allylic oxidation sites excluding steroid dienone is 1. The van der Waals surface area contributed by atoms with Gasteiger partial charge < -0.3 is 25.9 Å². The molecular formula is C14H23N4O5P. The summed E-state index contributed by atoms with van der Waals surface area (Å²) in [5.74, 6) is 1.03. The predicted octanol–water partition coefficient (Wildman–Crippen LogP) is -2.17. The van der Waals surface area contributed by atoms with Crippen LogP contribution < -0.4 is 20.8 Å². The SMILES string of the molecule is CC[C@H]1C[NH+](CC2=CCc3c(N)ncnc32)C[C@@H]1O.O=[P+]([O-])O[O-].[HH]. The molecule has 1 fully saturated rings. The molecule has 0 radical (unpaired) electrons. The Kier molecular flexibility index (Phi) is 6.73. The molecule has 2 heterocycles. The Balaban J connectivity index is 0.000000462. The molecule has 134 valence electrons. The van der Waals surface area contributed by atoms with Gasteiger partial charge in [-0.15, -0.1) is 0 Å². The first-order valence-electron chi connectivity index (χ1n) is 7.70. The number of hydrogen-bond donors (Lipinski definition) is 3. The zero-order valence-corrected chi connectivity index (χ0v) is 14.2. The Bertz CT molecular complexity index is 633. The molecule has 1 aromatic rings. The van der Waals surface area contributed by atoms with Crippen molar-refractivity contribution in [3.05, 3.63) is 23.7 Å². The van der Waals surface area contributed by atoms with Crippen molar-refractivity contribution in [3.63, 3.8) is 0 Å². The number of nitrogens with two attached hydrogens (primary N) is 1. The van der Waals surface area contributed by atoms with Crippen molar-refractivity contribution < 1.29 is 30.8 Å². The van der Waals surface area contributed by atoms with Crippen molar-refractivity contribution >= 4 is 19.6 Å². The van der Waals surface area contributed by atoms with Crippen LogP contribution in [0.3, 0.4) is 0 Å². The van der Waals surface area contributed by atoms with Crippen LogP contribution in [0, 0.1) is 5.92 Å². The summed E-state index contributed by atoms with van der Waals surface area (Å²) in [6.45, 7) is 4.96. The van der Waals surface area contributed by atoms with E-state index in [-0.39, 0.29) is 7.53 Å². The largest absolute Gasteiger partial charge is 0.674 e. The lowest BCUT2D eigenvalue weighted by Gasteiger charge is -2.14. The summed E-state index contributed by atoms with van der Waals surface area (Å²) in [6.07, 6.45) is 5.47. The number of nitrogens with zero attached hydrogens (tertiary/aromatic N) is 2.